The molecule has 1 aliphatic carbocycles. The van der Waals surface area contributed by atoms with Gasteiger partial charge in [-0.3, -0.25) is 9.59 Å². The lowest BCUT2D eigenvalue weighted by molar-refractivity contribution is -0.128. The molecule has 6 heteroatoms. The number of aromatic amines is 1. The van der Waals surface area contributed by atoms with Crippen LogP contribution in [0.15, 0.2) is 60.8 Å². The van der Waals surface area contributed by atoms with E-state index in [1.165, 1.54) is 22.0 Å². The number of benzene rings is 2. The van der Waals surface area contributed by atoms with Crippen LogP contribution in [-0.2, 0) is 9.59 Å². The fourth-order valence-electron chi connectivity index (χ4n) is 6.21. The van der Waals surface area contributed by atoms with Gasteiger partial charge in [0.2, 0.25) is 11.8 Å². The van der Waals surface area contributed by atoms with E-state index in [2.05, 4.69) is 46.8 Å². The summed E-state index contributed by atoms with van der Waals surface area (Å²) in [6.45, 7) is 3.35. The van der Waals surface area contributed by atoms with Crippen molar-refractivity contribution in [3.63, 3.8) is 0 Å². The van der Waals surface area contributed by atoms with Crippen LogP contribution in [0.25, 0.3) is 17.0 Å². The van der Waals surface area contributed by atoms with Crippen LogP contribution in [0.1, 0.15) is 61.1 Å². The normalized spacial score (nSPS) is 21.9. The number of nitrogens with two attached hydrogens (primary N) is 1. The second-order valence-corrected chi connectivity index (χ2v) is 10.8. The maximum Gasteiger partial charge on any atom is 0.246 e. The number of piperidine rings is 1. The highest BCUT2D eigenvalue weighted by Crippen LogP contribution is 2.37. The van der Waals surface area contributed by atoms with Crippen molar-refractivity contribution >= 4 is 28.8 Å². The third-order valence-corrected chi connectivity index (χ3v) is 8.29. The number of fused-ring (bicyclic) bond motifs is 1. The van der Waals surface area contributed by atoms with Crippen LogP contribution in [0.5, 0.6) is 0 Å². The largest absolute Gasteiger partial charge is 0.368 e. The van der Waals surface area contributed by atoms with Crippen LogP contribution in [0, 0.1) is 12.8 Å². The number of hydrogen-bond donors (Lipinski definition) is 3. The molecule has 1 aromatic heterocycles. The number of rotatable bonds is 7. The molecular weight excluding hydrogens is 460 g/mol. The molecule has 2 amide bonds. The van der Waals surface area contributed by atoms with Crippen LogP contribution in [0.4, 0.5) is 0 Å². The number of H-pyrrole nitrogens is 1. The molecule has 6 nitrogen and oxygen atoms in total. The third kappa shape index (κ3) is 5.96. The van der Waals surface area contributed by atoms with Crippen molar-refractivity contribution in [3.8, 4) is 0 Å². The number of para-hydroxylation sites is 1. The second-order valence-electron chi connectivity index (χ2n) is 10.8. The van der Waals surface area contributed by atoms with Crippen molar-refractivity contribution in [3.05, 3.63) is 77.5 Å². The molecule has 0 radical (unpaired) electrons. The lowest BCUT2D eigenvalue weighted by Crippen LogP contribution is -2.54. The summed E-state index contributed by atoms with van der Waals surface area (Å²) in [7, 11) is 0. The Balaban J connectivity index is 1.12. The molecule has 3 aromatic rings. The Morgan fingerprint density at radius 3 is 2.51 bits per heavy atom. The van der Waals surface area contributed by atoms with Crippen molar-refractivity contribution in [2.75, 3.05) is 13.1 Å². The zero-order valence-corrected chi connectivity index (χ0v) is 21.7. The quantitative estimate of drug-likeness (QED) is 0.405. The Hall–Kier alpha value is -3.38. The Morgan fingerprint density at radius 2 is 1.78 bits per heavy atom. The van der Waals surface area contributed by atoms with Gasteiger partial charge in [0.15, 0.2) is 0 Å². The molecule has 0 bridgehead atoms. The maximum absolute atomic E-state index is 12.7. The SMILES string of the molecule is Cc1cccc(/C=C/C(=O)N2CCC(C(NC3CCC(c4c[nH]c5ccccc45)CC3)C(N)=O)CC2)c1. The van der Waals surface area contributed by atoms with Crippen molar-refractivity contribution in [2.24, 2.45) is 11.7 Å². The van der Waals surface area contributed by atoms with Gasteiger partial charge in [0.25, 0.3) is 0 Å². The summed E-state index contributed by atoms with van der Waals surface area (Å²) in [5.74, 6) is 0.457. The van der Waals surface area contributed by atoms with Gasteiger partial charge in [0.05, 0.1) is 6.04 Å². The Morgan fingerprint density at radius 1 is 1.03 bits per heavy atom. The minimum atomic E-state index is -0.338. The van der Waals surface area contributed by atoms with Gasteiger partial charge in [0.1, 0.15) is 0 Å². The van der Waals surface area contributed by atoms with Gasteiger partial charge in [-0.1, -0.05) is 48.0 Å². The van der Waals surface area contributed by atoms with Crippen molar-refractivity contribution < 1.29 is 9.59 Å². The van der Waals surface area contributed by atoms with Gasteiger partial charge >= 0.3 is 0 Å². The summed E-state index contributed by atoms with van der Waals surface area (Å²) in [4.78, 5) is 30.4. The van der Waals surface area contributed by atoms with E-state index >= 15 is 0 Å². The Kier molecular flexibility index (Phi) is 7.75. The van der Waals surface area contributed by atoms with E-state index in [4.69, 9.17) is 5.73 Å². The highest BCUT2D eigenvalue weighted by atomic mass is 16.2. The summed E-state index contributed by atoms with van der Waals surface area (Å²) in [5.41, 5.74) is 10.7. The molecule has 2 aromatic carbocycles. The molecule has 1 atom stereocenters. The molecule has 1 saturated carbocycles. The first-order valence-electron chi connectivity index (χ1n) is 13.6. The minimum Gasteiger partial charge on any atom is -0.368 e. The number of carbonyl (C=O) groups is 2. The molecule has 5 rings (SSSR count). The third-order valence-electron chi connectivity index (χ3n) is 8.29. The van der Waals surface area contributed by atoms with Crippen LogP contribution < -0.4 is 11.1 Å². The predicted octanol–water partition coefficient (Wildman–Crippen LogP) is 4.90. The first-order chi connectivity index (χ1) is 18.0. The monoisotopic (exact) mass is 498 g/mol. The lowest BCUT2D eigenvalue weighted by Gasteiger charge is -2.38. The number of aryl methyl sites for hydroxylation is 1. The number of amides is 2. The first kappa shape index (κ1) is 25.3. The zero-order chi connectivity index (χ0) is 25.8. The second kappa shape index (κ2) is 11.3. The van der Waals surface area contributed by atoms with E-state index < -0.39 is 0 Å². The topological polar surface area (TPSA) is 91.2 Å². The van der Waals surface area contributed by atoms with E-state index in [0.717, 1.165) is 44.1 Å². The lowest BCUT2D eigenvalue weighted by atomic mass is 9.80. The average molecular weight is 499 g/mol. The molecule has 4 N–H and O–H groups in total. The molecular formula is C31H38N4O2. The smallest absolute Gasteiger partial charge is 0.246 e. The van der Waals surface area contributed by atoms with Crippen LogP contribution >= 0.6 is 0 Å². The number of nitrogens with one attached hydrogen (secondary N) is 2. The molecule has 2 fully saturated rings. The van der Waals surface area contributed by atoms with Crippen LogP contribution in [0.3, 0.4) is 0 Å². The summed E-state index contributed by atoms with van der Waals surface area (Å²) >= 11 is 0. The number of carbonyl (C=O) groups excluding carboxylic acids is 2. The predicted molar refractivity (Wildman–Crippen MR) is 149 cm³/mol. The van der Waals surface area contributed by atoms with E-state index in [0.29, 0.717) is 25.0 Å². The van der Waals surface area contributed by atoms with Gasteiger partial charge in [0, 0.05) is 42.3 Å². The Labute approximate surface area is 219 Å². The van der Waals surface area contributed by atoms with E-state index in [-0.39, 0.29) is 23.8 Å². The van der Waals surface area contributed by atoms with Crippen molar-refractivity contribution in [1.82, 2.24) is 15.2 Å². The number of likely N-dealkylation sites (tertiary alicyclic amines) is 1. The van der Waals surface area contributed by atoms with E-state index in [1.807, 2.05) is 36.1 Å². The molecule has 0 spiro atoms. The standard InChI is InChI=1S/C31H38N4O2/c1-21-5-4-6-22(19-21)9-14-29(36)35-17-15-24(16-18-35)30(31(32)37)34-25-12-10-23(11-13-25)27-20-33-28-8-3-2-7-26(27)28/h2-9,14,19-20,23-25,30,33-34H,10-13,15-18H2,1H3,(H2,32,37)/b14-9+. The summed E-state index contributed by atoms with van der Waals surface area (Å²) in [6.07, 6.45) is 11.6. The van der Waals surface area contributed by atoms with Gasteiger partial charge in [-0.2, -0.15) is 0 Å². The highest BCUT2D eigenvalue weighted by Gasteiger charge is 2.34. The van der Waals surface area contributed by atoms with E-state index in [1.54, 1.807) is 6.08 Å². The summed E-state index contributed by atoms with van der Waals surface area (Å²) in [5, 5.41) is 4.95. The molecule has 194 valence electrons. The van der Waals surface area contributed by atoms with Crippen molar-refractivity contribution in [1.29, 1.82) is 0 Å². The molecule has 37 heavy (non-hydrogen) atoms. The average Bonchev–Trinajstić information content (AvgIpc) is 3.35. The number of aromatic nitrogens is 1. The first-order valence-corrected chi connectivity index (χ1v) is 13.6. The fourth-order valence-corrected chi connectivity index (χ4v) is 6.21. The van der Waals surface area contributed by atoms with Crippen LogP contribution in [0.2, 0.25) is 0 Å². The van der Waals surface area contributed by atoms with Crippen LogP contribution in [-0.4, -0.2) is 46.9 Å². The number of primary amides is 1. The van der Waals surface area contributed by atoms with E-state index in [9.17, 15) is 9.59 Å². The number of hydrogen-bond acceptors (Lipinski definition) is 3. The van der Waals surface area contributed by atoms with Gasteiger partial charge in [-0.25, -0.2) is 0 Å². The van der Waals surface area contributed by atoms with Gasteiger partial charge < -0.3 is 20.9 Å². The highest BCUT2D eigenvalue weighted by molar-refractivity contribution is 5.92. The Bertz CT molecular complexity index is 1260. The summed E-state index contributed by atoms with van der Waals surface area (Å²) in [6, 6.07) is 16.6. The van der Waals surface area contributed by atoms with Gasteiger partial charge in [-0.15, -0.1) is 0 Å². The zero-order valence-electron chi connectivity index (χ0n) is 21.7. The number of nitrogens with zero attached hydrogens (tertiary/aromatic N) is 1. The van der Waals surface area contributed by atoms with Gasteiger partial charge in [-0.05, 0) is 80.6 Å². The molecule has 1 saturated heterocycles. The molecule has 2 heterocycles. The molecule has 1 aliphatic heterocycles. The summed E-state index contributed by atoms with van der Waals surface area (Å²) < 4.78 is 0. The minimum absolute atomic E-state index is 0.0270. The van der Waals surface area contributed by atoms with Crippen molar-refractivity contribution in [2.45, 2.75) is 63.5 Å². The molecule has 2 aliphatic rings. The molecule has 1 unspecified atom stereocenters. The fraction of sp³-hybridized carbons (Fsp3) is 0.419. The maximum atomic E-state index is 12.7.